The molecule has 4 rings (SSSR count). The van der Waals surface area contributed by atoms with E-state index in [1.807, 2.05) is 30.3 Å². The molecule has 1 saturated carbocycles. The number of aliphatic hydroxyl groups is 1. The Labute approximate surface area is 138 Å². The Hall–Kier alpha value is -1.55. The Morgan fingerprint density at radius 3 is 2.14 bits per heavy atom. The lowest BCUT2D eigenvalue weighted by Crippen LogP contribution is -2.37. The molecule has 1 unspecified atom stereocenters. The SMILES string of the molecule is O=C1[C@@H]2[C@H](c3ccccc3)[C@@H]2C(O)N1c1cc(Cl)cc(Cl)c1. The van der Waals surface area contributed by atoms with Crippen LogP contribution in [-0.4, -0.2) is 17.2 Å². The number of hydrogen-bond donors (Lipinski definition) is 1. The summed E-state index contributed by atoms with van der Waals surface area (Å²) in [6.45, 7) is 0. The standard InChI is InChI=1S/C17H13Cl2NO2/c18-10-6-11(19)8-12(7-10)20-16(21)14-13(15(14)17(20)22)9-4-2-1-3-5-9/h1-8,13-16,21H/t13-,14+,15-,16?/m1/s1. The van der Waals surface area contributed by atoms with Crippen molar-refractivity contribution in [2.75, 3.05) is 4.90 Å². The van der Waals surface area contributed by atoms with E-state index in [2.05, 4.69) is 0 Å². The minimum absolute atomic E-state index is 0.0624. The van der Waals surface area contributed by atoms with Gasteiger partial charge in [-0.3, -0.25) is 9.69 Å². The van der Waals surface area contributed by atoms with Gasteiger partial charge in [-0.15, -0.1) is 0 Å². The van der Waals surface area contributed by atoms with Crippen LogP contribution in [0.1, 0.15) is 11.5 Å². The second-order valence-electron chi connectivity index (χ2n) is 5.79. The predicted octanol–water partition coefficient (Wildman–Crippen LogP) is 3.69. The maximum Gasteiger partial charge on any atom is 0.233 e. The van der Waals surface area contributed by atoms with Gasteiger partial charge >= 0.3 is 0 Å². The van der Waals surface area contributed by atoms with E-state index in [-0.39, 0.29) is 23.7 Å². The van der Waals surface area contributed by atoms with Crippen LogP contribution in [-0.2, 0) is 4.79 Å². The van der Waals surface area contributed by atoms with Crippen LogP contribution in [0.3, 0.4) is 0 Å². The van der Waals surface area contributed by atoms with Crippen molar-refractivity contribution in [1.82, 2.24) is 0 Å². The molecule has 2 fully saturated rings. The van der Waals surface area contributed by atoms with E-state index in [9.17, 15) is 9.90 Å². The zero-order valence-electron chi connectivity index (χ0n) is 11.5. The highest BCUT2D eigenvalue weighted by Gasteiger charge is 2.67. The molecule has 2 aromatic rings. The number of amides is 1. The molecule has 5 heteroatoms. The number of carbonyl (C=O) groups excluding carboxylic acids is 1. The highest BCUT2D eigenvalue weighted by Crippen LogP contribution is 2.61. The van der Waals surface area contributed by atoms with Gasteiger partial charge < -0.3 is 5.11 Å². The molecule has 0 aromatic heterocycles. The molecule has 1 amide bonds. The smallest absolute Gasteiger partial charge is 0.233 e. The van der Waals surface area contributed by atoms with E-state index in [0.717, 1.165) is 5.56 Å². The summed E-state index contributed by atoms with van der Waals surface area (Å²) in [4.78, 5) is 14.1. The Morgan fingerprint density at radius 1 is 0.955 bits per heavy atom. The summed E-state index contributed by atoms with van der Waals surface area (Å²) in [5.74, 6) is -0.179. The van der Waals surface area contributed by atoms with Gasteiger partial charge in [0.15, 0.2) is 0 Å². The number of rotatable bonds is 2. The van der Waals surface area contributed by atoms with Crippen LogP contribution >= 0.6 is 23.2 Å². The van der Waals surface area contributed by atoms with Gasteiger partial charge in [0.05, 0.1) is 5.92 Å². The predicted molar refractivity (Wildman–Crippen MR) is 86.1 cm³/mol. The molecule has 1 aliphatic carbocycles. The first-order chi connectivity index (χ1) is 10.6. The number of halogens is 2. The number of hydrogen-bond acceptors (Lipinski definition) is 2. The normalized spacial score (nSPS) is 29.6. The molecular formula is C17H13Cl2NO2. The van der Waals surface area contributed by atoms with E-state index in [1.165, 1.54) is 4.90 Å². The fourth-order valence-electron chi connectivity index (χ4n) is 3.55. The molecule has 22 heavy (non-hydrogen) atoms. The van der Waals surface area contributed by atoms with Gasteiger partial charge in [0.2, 0.25) is 5.91 Å². The molecule has 3 nitrogen and oxygen atoms in total. The highest BCUT2D eigenvalue weighted by atomic mass is 35.5. The van der Waals surface area contributed by atoms with E-state index in [4.69, 9.17) is 23.2 Å². The lowest BCUT2D eigenvalue weighted by molar-refractivity contribution is -0.119. The van der Waals surface area contributed by atoms with Crippen molar-refractivity contribution in [3.8, 4) is 0 Å². The fourth-order valence-corrected chi connectivity index (χ4v) is 4.06. The second-order valence-corrected chi connectivity index (χ2v) is 6.66. The van der Waals surface area contributed by atoms with Crippen molar-refractivity contribution in [2.24, 2.45) is 11.8 Å². The maximum absolute atomic E-state index is 12.6. The number of piperidine rings is 1. The third kappa shape index (κ3) is 2.04. The third-order valence-electron chi connectivity index (χ3n) is 4.52. The molecular weight excluding hydrogens is 321 g/mol. The minimum Gasteiger partial charge on any atom is -0.373 e. The average molecular weight is 334 g/mol. The Bertz CT molecular complexity index is 729. The molecule has 2 aliphatic rings. The summed E-state index contributed by atoms with van der Waals surface area (Å²) < 4.78 is 0. The summed E-state index contributed by atoms with van der Waals surface area (Å²) >= 11 is 12.0. The quantitative estimate of drug-likeness (QED) is 0.910. The maximum atomic E-state index is 12.6. The van der Waals surface area contributed by atoms with Crippen LogP contribution < -0.4 is 4.90 Å². The lowest BCUT2D eigenvalue weighted by Gasteiger charge is -2.25. The molecule has 2 aromatic carbocycles. The Morgan fingerprint density at radius 2 is 1.59 bits per heavy atom. The first-order valence-electron chi connectivity index (χ1n) is 7.10. The molecule has 1 heterocycles. The van der Waals surface area contributed by atoms with E-state index < -0.39 is 6.23 Å². The van der Waals surface area contributed by atoms with Crippen molar-refractivity contribution in [3.63, 3.8) is 0 Å². The number of fused-ring (bicyclic) bond motifs is 1. The number of benzene rings is 2. The van der Waals surface area contributed by atoms with Gasteiger partial charge in [0.1, 0.15) is 6.23 Å². The summed E-state index contributed by atoms with van der Waals surface area (Å²) in [6, 6.07) is 14.8. The number of nitrogens with zero attached hydrogens (tertiary/aromatic N) is 1. The van der Waals surface area contributed by atoms with Gasteiger partial charge in [0, 0.05) is 27.6 Å². The molecule has 1 saturated heterocycles. The van der Waals surface area contributed by atoms with Gasteiger partial charge in [0.25, 0.3) is 0 Å². The van der Waals surface area contributed by atoms with Crippen LogP contribution in [0.15, 0.2) is 48.5 Å². The summed E-state index contributed by atoms with van der Waals surface area (Å²) in [5.41, 5.74) is 1.66. The van der Waals surface area contributed by atoms with E-state index in [1.54, 1.807) is 18.2 Å². The lowest BCUT2D eigenvalue weighted by atomic mass is 10.1. The number of carbonyl (C=O) groups is 1. The summed E-state index contributed by atoms with van der Waals surface area (Å²) in [5, 5.41) is 11.4. The van der Waals surface area contributed by atoms with Gasteiger partial charge in [-0.05, 0) is 23.8 Å². The van der Waals surface area contributed by atoms with Gasteiger partial charge in [-0.1, -0.05) is 53.5 Å². The molecule has 0 radical (unpaired) electrons. The average Bonchev–Trinajstić information content (AvgIpc) is 3.16. The third-order valence-corrected chi connectivity index (χ3v) is 4.95. The van der Waals surface area contributed by atoms with Crippen molar-refractivity contribution in [3.05, 3.63) is 64.1 Å². The summed E-state index contributed by atoms with van der Waals surface area (Å²) in [6.07, 6.45) is -0.836. The van der Waals surface area contributed by atoms with Gasteiger partial charge in [-0.2, -0.15) is 0 Å². The monoisotopic (exact) mass is 333 g/mol. The Balaban J connectivity index is 1.64. The van der Waals surface area contributed by atoms with Crippen molar-refractivity contribution in [2.45, 2.75) is 12.1 Å². The minimum atomic E-state index is -0.836. The molecule has 112 valence electrons. The number of anilines is 1. The summed E-state index contributed by atoms with van der Waals surface area (Å²) in [7, 11) is 0. The Kier molecular flexibility index (Phi) is 3.19. The zero-order chi connectivity index (χ0) is 15.4. The largest absolute Gasteiger partial charge is 0.373 e. The van der Waals surface area contributed by atoms with Crippen LogP contribution in [0.25, 0.3) is 0 Å². The van der Waals surface area contributed by atoms with Crippen LogP contribution in [0.4, 0.5) is 5.69 Å². The van der Waals surface area contributed by atoms with E-state index in [0.29, 0.717) is 15.7 Å². The fraction of sp³-hybridized carbons (Fsp3) is 0.235. The van der Waals surface area contributed by atoms with Crippen LogP contribution in [0, 0.1) is 11.8 Å². The molecule has 1 aliphatic heterocycles. The molecule has 0 spiro atoms. The van der Waals surface area contributed by atoms with Crippen molar-refractivity contribution >= 4 is 34.8 Å². The van der Waals surface area contributed by atoms with Crippen molar-refractivity contribution < 1.29 is 9.90 Å². The second kappa shape index (κ2) is 4.98. The van der Waals surface area contributed by atoms with E-state index >= 15 is 0 Å². The van der Waals surface area contributed by atoms with Crippen molar-refractivity contribution in [1.29, 1.82) is 0 Å². The van der Waals surface area contributed by atoms with Crippen LogP contribution in [0.2, 0.25) is 10.0 Å². The van der Waals surface area contributed by atoms with Gasteiger partial charge in [-0.25, -0.2) is 0 Å². The molecule has 4 atom stereocenters. The zero-order valence-corrected chi connectivity index (χ0v) is 13.0. The first-order valence-corrected chi connectivity index (χ1v) is 7.86. The topological polar surface area (TPSA) is 40.5 Å². The number of aliphatic hydroxyl groups excluding tert-OH is 1. The molecule has 1 N–H and O–H groups in total. The first kappa shape index (κ1) is 14.1. The van der Waals surface area contributed by atoms with Crippen LogP contribution in [0.5, 0.6) is 0 Å². The molecule has 0 bridgehead atoms. The highest BCUT2D eigenvalue weighted by molar-refractivity contribution is 6.35.